The lowest BCUT2D eigenvalue weighted by atomic mass is 10.1. The largest absolute Gasteiger partial charge is 0.496 e. The summed E-state index contributed by atoms with van der Waals surface area (Å²) in [5.74, 6) is 1.68. The average Bonchev–Trinajstić information content (AvgIpc) is 2.47. The van der Waals surface area contributed by atoms with Crippen molar-refractivity contribution in [2.24, 2.45) is 0 Å². The van der Waals surface area contributed by atoms with Crippen LogP contribution in [-0.4, -0.2) is 21.3 Å². The van der Waals surface area contributed by atoms with E-state index in [2.05, 4.69) is 4.90 Å². The zero-order valence-corrected chi connectivity index (χ0v) is 12.1. The van der Waals surface area contributed by atoms with E-state index in [-0.39, 0.29) is 0 Å². The van der Waals surface area contributed by atoms with Gasteiger partial charge in [0.25, 0.3) is 0 Å². The molecule has 0 aliphatic rings. The van der Waals surface area contributed by atoms with Gasteiger partial charge in [-0.05, 0) is 30.3 Å². The SMILES string of the molecule is COc1ccc(N)cc1CN(C)c1ccccc1OC. The number of nitrogen functional groups attached to an aromatic ring is 1. The van der Waals surface area contributed by atoms with Crippen LogP contribution in [0.15, 0.2) is 42.5 Å². The van der Waals surface area contributed by atoms with Crippen molar-refractivity contribution in [3.05, 3.63) is 48.0 Å². The van der Waals surface area contributed by atoms with Gasteiger partial charge in [0, 0.05) is 24.8 Å². The topological polar surface area (TPSA) is 47.7 Å². The second-order valence-electron chi connectivity index (χ2n) is 4.60. The molecule has 0 aliphatic heterocycles. The minimum absolute atomic E-state index is 0.689. The van der Waals surface area contributed by atoms with Gasteiger partial charge in [0.1, 0.15) is 11.5 Å². The number of methoxy groups -OCH3 is 2. The van der Waals surface area contributed by atoms with Gasteiger partial charge < -0.3 is 20.1 Å². The normalized spacial score (nSPS) is 10.2. The van der Waals surface area contributed by atoms with Gasteiger partial charge in [-0.15, -0.1) is 0 Å². The van der Waals surface area contributed by atoms with Crippen LogP contribution in [0, 0.1) is 0 Å². The molecule has 0 fully saturated rings. The lowest BCUT2D eigenvalue weighted by molar-refractivity contribution is 0.408. The molecule has 0 aliphatic carbocycles. The number of rotatable bonds is 5. The molecule has 0 atom stereocenters. The maximum atomic E-state index is 5.85. The Balaban J connectivity index is 2.27. The Hall–Kier alpha value is -2.36. The number of nitrogens with zero attached hydrogens (tertiary/aromatic N) is 1. The lowest BCUT2D eigenvalue weighted by Gasteiger charge is -2.23. The molecule has 0 saturated carbocycles. The molecule has 0 heterocycles. The zero-order chi connectivity index (χ0) is 14.5. The quantitative estimate of drug-likeness (QED) is 0.850. The van der Waals surface area contributed by atoms with E-state index in [0.29, 0.717) is 6.54 Å². The van der Waals surface area contributed by atoms with Gasteiger partial charge in [-0.1, -0.05) is 12.1 Å². The van der Waals surface area contributed by atoms with Crippen LogP contribution in [0.25, 0.3) is 0 Å². The second-order valence-corrected chi connectivity index (χ2v) is 4.60. The van der Waals surface area contributed by atoms with Crippen molar-refractivity contribution in [3.8, 4) is 11.5 Å². The third kappa shape index (κ3) is 2.96. The third-order valence-corrected chi connectivity index (χ3v) is 3.21. The number of anilines is 2. The number of hydrogen-bond donors (Lipinski definition) is 1. The van der Waals surface area contributed by atoms with E-state index in [9.17, 15) is 0 Å². The van der Waals surface area contributed by atoms with E-state index in [0.717, 1.165) is 28.4 Å². The average molecular weight is 272 g/mol. The first-order valence-corrected chi connectivity index (χ1v) is 6.42. The fourth-order valence-corrected chi connectivity index (χ4v) is 2.21. The van der Waals surface area contributed by atoms with Gasteiger partial charge in [-0.25, -0.2) is 0 Å². The van der Waals surface area contributed by atoms with Gasteiger partial charge in [0.2, 0.25) is 0 Å². The predicted octanol–water partition coefficient (Wildman–Crippen LogP) is 2.92. The van der Waals surface area contributed by atoms with E-state index in [4.69, 9.17) is 15.2 Å². The molecule has 2 aromatic carbocycles. The highest BCUT2D eigenvalue weighted by Crippen LogP contribution is 2.30. The summed E-state index contributed by atoms with van der Waals surface area (Å²) in [4.78, 5) is 2.11. The van der Waals surface area contributed by atoms with Crippen LogP contribution >= 0.6 is 0 Å². The van der Waals surface area contributed by atoms with Crippen molar-refractivity contribution in [2.75, 3.05) is 31.9 Å². The smallest absolute Gasteiger partial charge is 0.142 e. The van der Waals surface area contributed by atoms with Crippen molar-refractivity contribution in [2.45, 2.75) is 6.54 Å². The summed E-state index contributed by atoms with van der Waals surface area (Å²) < 4.78 is 10.8. The second kappa shape index (κ2) is 6.19. The molecule has 0 radical (unpaired) electrons. The van der Waals surface area contributed by atoms with Gasteiger partial charge in [0.05, 0.1) is 19.9 Å². The van der Waals surface area contributed by atoms with Gasteiger partial charge in [0.15, 0.2) is 0 Å². The molecule has 0 bridgehead atoms. The first kappa shape index (κ1) is 14.1. The summed E-state index contributed by atoms with van der Waals surface area (Å²) in [6.45, 7) is 0.689. The van der Waals surface area contributed by atoms with Gasteiger partial charge in [-0.2, -0.15) is 0 Å². The Kier molecular flexibility index (Phi) is 4.35. The Bertz CT molecular complexity index is 584. The standard InChI is InChI=1S/C16H20N2O2/c1-18(14-6-4-5-7-16(14)20-3)11-12-10-13(17)8-9-15(12)19-2/h4-10H,11,17H2,1-3H3. The highest BCUT2D eigenvalue weighted by molar-refractivity contribution is 5.59. The van der Waals surface area contributed by atoms with Crippen molar-refractivity contribution < 1.29 is 9.47 Å². The van der Waals surface area contributed by atoms with Crippen LogP contribution < -0.4 is 20.1 Å². The van der Waals surface area contributed by atoms with Crippen molar-refractivity contribution in [3.63, 3.8) is 0 Å². The fraction of sp³-hybridized carbons (Fsp3) is 0.250. The van der Waals surface area contributed by atoms with Crippen LogP contribution in [0.4, 0.5) is 11.4 Å². The van der Waals surface area contributed by atoms with E-state index < -0.39 is 0 Å². The first-order chi connectivity index (χ1) is 9.65. The molecule has 0 spiro atoms. The van der Waals surface area contributed by atoms with Crippen LogP contribution in [0.5, 0.6) is 11.5 Å². The van der Waals surface area contributed by atoms with Crippen LogP contribution in [-0.2, 0) is 6.54 Å². The summed E-state index contributed by atoms with van der Waals surface area (Å²) in [7, 11) is 5.35. The number of ether oxygens (including phenoxy) is 2. The van der Waals surface area contributed by atoms with E-state index in [1.165, 1.54) is 0 Å². The summed E-state index contributed by atoms with van der Waals surface area (Å²) in [5.41, 5.74) is 8.65. The Morgan fingerprint density at radius 1 is 1.00 bits per heavy atom. The molecule has 2 N–H and O–H groups in total. The first-order valence-electron chi connectivity index (χ1n) is 6.42. The minimum atomic E-state index is 0.689. The molecular weight excluding hydrogens is 252 g/mol. The maximum absolute atomic E-state index is 5.85. The van der Waals surface area contributed by atoms with Crippen molar-refractivity contribution >= 4 is 11.4 Å². The molecule has 0 aromatic heterocycles. The number of hydrogen-bond acceptors (Lipinski definition) is 4. The summed E-state index contributed by atoms with van der Waals surface area (Å²) in [6.07, 6.45) is 0. The Labute approximate surface area is 119 Å². The molecule has 0 unspecified atom stereocenters. The minimum Gasteiger partial charge on any atom is -0.496 e. The number of nitrogens with two attached hydrogens (primary N) is 1. The lowest BCUT2D eigenvalue weighted by Crippen LogP contribution is -2.17. The van der Waals surface area contributed by atoms with Crippen LogP contribution in [0.2, 0.25) is 0 Å². The van der Waals surface area contributed by atoms with E-state index in [1.54, 1.807) is 14.2 Å². The highest BCUT2D eigenvalue weighted by Gasteiger charge is 2.11. The molecule has 0 saturated heterocycles. The summed E-state index contributed by atoms with van der Waals surface area (Å²) in [5, 5.41) is 0. The molecule has 0 amide bonds. The monoisotopic (exact) mass is 272 g/mol. The third-order valence-electron chi connectivity index (χ3n) is 3.21. The van der Waals surface area contributed by atoms with E-state index in [1.807, 2.05) is 49.5 Å². The van der Waals surface area contributed by atoms with Crippen LogP contribution in [0.3, 0.4) is 0 Å². The highest BCUT2D eigenvalue weighted by atomic mass is 16.5. The van der Waals surface area contributed by atoms with E-state index >= 15 is 0 Å². The predicted molar refractivity (Wildman–Crippen MR) is 82.5 cm³/mol. The molecule has 4 heteroatoms. The maximum Gasteiger partial charge on any atom is 0.142 e. The van der Waals surface area contributed by atoms with Gasteiger partial charge >= 0.3 is 0 Å². The number of para-hydroxylation sites is 2. The molecule has 2 aromatic rings. The molecule has 4 nitrogen and oxygen atoms in total. The summed E-state index contributed by atoms with van der Waals surface area (Å²) in [6, 6.07) is 13.6. The molecular formula is C16H20N2O2. The number of benzene rings is 2. The summed E-state index contributed by atoms with van der Waals surface area (Å²) >= 11 is 0. The molecule has 2 rings (SSSR count). The van der Waals surface area contributed by atoms with Crippen molar-refractivity contribution in [1.29, 1.82) is 0 Å². The Morgan fingerprint density at radius 2 is 1.70 bits per heavy atom. The Morgan fingerprint density at radius 3 is 2.40 bits per heavy atom. The van der Waals surface area contributed by atoms with Gasteiger partial charge in [-0.3, -0.25) is 0 Å². The fourth-order valence-electron chi connectivity index (χ4n) is 2.21. The van der Waals surface area contributed by atoms with Crippen molar-refractivity contribution in [1.82, 2.24) is 0 Å². The molecule has 106 valence electrons. The molecule has 20 heavy (non-hydrogen) atoms. The van der Waals surface area contributed by atoms with Crippen LogP contribution in [0.1, 0.15) is 5.56 Å². The zero-order valence-electron chi connectivity index (χ0n) is 12.1.